The van der Waals surface area contributed by atoms with Crippen LogP contribution in [0.4, 0.5) is 11.5 Å². The van der Waals surface area contributed by atoms with Crippen molar-refractivity contribution in [2.24, 2.45) is 5.84 Å². The van der Waals surface area contributed by atoms with Gasteiger partial charge in [0.2, 0.25) is 5.82 Å². The third kappa shape index (κ3) is 2.45. The average Bonchev–Trinajstić information content (AvgIpc) is 2.89. The third-order valence-corrected chi connectivity index (χ3v) is 2.96. The van der Waals surface area contributed by atoms with Crippen molar-refractivity contribution in [1.29, 1.82) is 0 Å². The Morgan fingerprint density at radius 3 is 2.70 bits per heavy atom. The summed E-state index contributed by atoms with van der Waals surface area (Å²) in [4.78, 5) is 14.8. The molecule has 0 aromatic carbocycles. The van der Waals surface area contributed by atoms with Gasteiger partial charge in [0.05, 0.1) is 10.6 Å². The monoisotopic (exact) mass is 276 g/mol. The van der Waals surface area contributed by atoms with Crippen LogP contribution in [0.3, 0.4) is 0 Å². The summed E-state index contributed by atoms with van der Waals surface area (Å²) in [7, 11) is 0. The predicted molar refractivity (Wildman–Crippen MR) is 74.6 cm³/mol. The number of hydrogen-bond donors (Lipinski definition) is 2. The molecule has 0 atom stereocenters. The molecule has 2 aromatic heterocycles. The number of nitrogens with one attached hydrogen (secondary N) is 1. The number of aryl methyl sites for hydroxylation is 2. The molecule has 8 nitrogen and oxygen atoms in total. The SMILES string of the molecule is CCc1cc(CC)n(-c2nc(NN)ccc2[N+](=O)[O-])n1. The Hall–Kier alpha value is -2.48. The van der Waals surface area contributed by atoms with Gasteiger partial charge in [-0.1, -0.05) is 13.8 Å². The number of nitrogen functional groups attached to an aromatic ring is 1. The zero-order valence-corrected chi connectivity index (χ0v) is 11.3. The molecule has 20 heavy (non-hydrogen) atoms. The van der Waals surface area contributed by atoms with Crippen molar-refractivity contribution < 1.29 is 4.92 Å². The zero-order chi connectivity index (χ0) is 14.7. The number of anilines is 1. The summed E-state index contributed by atoms with van der Waals surface area (Å²) in [6.45, 7) is 3.94. The molecule has 0 radical (unpaired) electrons. The molecule has 0 unspecified atom stereocenters. The molecule has 0 saturated carbocycles. The highest BCUT2D eigenvalue weighted by atomic mass is 16.6. The van der Waals surface area contributed by atoms with E-state index in [-0.39, 0.29) is 11.5 Å². The summed E-state index contributed by atoms with van der Waals surface area (Å²) in [5.41, 5.74) is 4.01. The minimum Gasteiger partial charge on any atom is -0.308 e. The molecule has 0 amide bonds. The van der Waals surface area contributed by atoms with Crippen molar-refractivity contribution >= 4 is 11.5 Å². The van der Waals surface area contributed by atoms with Gasteiger partial charge in [0, 0.05) is 11.8 Å². The molecular formula is C12H16N6O2. The summed E-state index contributed by atoms with van der Waals surface area (Å²) in [6.07, 6.45) is 1.45. The maximum absolute atomic E-state index is 11.1. The molecule has 0 aliphatic rings. The largest absolute Gasteiger partial charge is 0.313 e. The van der Waals surface area contributed by atoms with Gasteiger partial charge < -0.3 is 5.43 Å². The number of rotatable bonds is 5. The minimum absolute atomic E-state index is 0.107. The van der Waals surface area contributed by atoms with Crippen molar-refractivity contribution in [3.8, 4) is 5.82 Å². The van der Waals surface area contributed by atoms with E-state index in [0.29, 0.717) is 12.2 Å². The number of hydrazine groups is 1. The van der Waals surface area contributed by atoms with Gasteiger partial charge in [-0.3, -0.25) is 10.1 Å². The van der Waals surface area contributed by atoms with Crippen LogP contribution in [0.25, 0.3) is 5.82 Å². The van der Waals surface area contributed by atoms with Crippen molar-refractivity contribution in [1.82, 2.24) is 14.8 Å². The smallest absolute Gasteiger partial charge is 0.308 e. The van der Waals surface area contributed by atoms with E-state index < -0.39 is 4.92 Å². The lowest BCUT2D eigenvalue weighted by molar-refractivity contribution is -0.384. The first kappa shape index (κ1) is 13.9. The first-order chi connectivity index (χ1) is 9.60. The van der Waals surface area contributed by atoms with Gasteiger partial charge in [0.25, 0.3) is 0 Å². The molecule has 0 bridgehead atoms. The van der Waals surface area contributed by atoms with Crippen LogP contribution in [0.2, 0.25) is 0 Å². The Balaban J connectivity index is 2.66. The molecule has 2 rings (SSSR count). The van der Waals surface area contributed by atoms with E-state index in [1.54, 1.807) is 0 Å². The fraction of sp³-hybridized carbons (Fsp3) is 0.333. The van der Waals surface area contributed by atoms with E-state index in [2.05, 4.69) is 15.5 Å². The first-order valence-corrected chi connectivity index (χ1v) is 6.30. The van der Waals surface area contributed by atoms with Crippen LogP contribution in [0.1, 0.15) is 25.2 Å². The molecule has 0 fully saturated rings. The fourth-order valence-corrected chi connectivity index (χ4v) is 1.90. The van der Waals surface area contributed by atoms with Crippen molar-refractivity contribution in [2.45, 2.75) is 26.7 Å². The molecule has 3 N–H and O–H groups in total. The molecule has 8 heteroatoms. The van der Waals surface area contributed by atoms with Gasteiger partial charge in [0.1, 0.15) is 5.82 Å². The second-order valence-corrected chi connectivity index (χ2v) is 4.19. The summed E-state index contributed by atoms with van der Waals surface area (Å²) in [5.74, 6) is 5.83. The van der Waals surface area contributed by atoms with E-state index >= 15 is 0 Å². The van der Waals surface area contributed by atoms with E-state index in [9.17, 15) is 10.1 Å². The Morgan fingerprint density at radius 1 is 1.40 bits per heavy atom. The number of nitro groups is 1. The Morgan fingerprint density at radius 2 is 2.15 bits per heavy atom. The Bertz CT molecular complexity index is 637. The summed E-state index contributed by atoms with van der Waals surface area (Å²) >= 11 is 0. The Kier molecular flexibility index (Phi) is 3.94. The lowest BCUT2D eigenvalue weighted by atomic mass is 10.2. The zero-order valence-electron chi connectivity index (χ0n) is 11.3. The number of aromatic nitrogens is 3. The number of nitrogens with zero attached hydrogens (tertiary/aromatic N) is 4. The fourth-order valence-electron chi connectivity index (χ4n) is 1.90. The molecular weight excluding hydrogens is 260 g/mol. The standard InChI is InChI=1S/C12H16N6O2/c1-3-8-7-9(4-2)17(16-8)12-10(18(19)20)5-6-11(14-12)15-13/h5-7H,3-4,13H2,1-2H3,(H,14,15). The summed E-state index contributed by atoms with van der Waals surface area (Å²) < 4.78 is 1.51. The van der Waals surface area contributed by atoms with Crippen LogP contribution in [0.5, 0.6) is 0 Å². The molecule has 0 aliphatic heterocycles. The van der Waals surface area contributed by atoms with Gasteiger partial charge in [-0.15, -0.1) is 0 Å². The van der Waals surface area contributed by atoms with Crippen molar-refractivity contribution in [3.63, 3.8) is 0 Å². The second kappa shape index (κ2) is 5.66. The van der Waals surface area contributed by atoms with E-state index in [1.165, 1.54) is 16.8 Å². The topological polar surface area (TPSA) is 112 Å². The van der Waals surface area contributed by atoms with E-state index in [1.807, 2.05) is 19.9 Å². The van der Waals surface area contributed by atoms with E-state index in [4.69, 9.17) is 5.84 Å². The molecule has 0 saturated heterocycles. The van der Waals surface area contributed by atoms with Gasteiger partial charge in [-0.2, -0.15) is 5.10 Å². The van der Waals surface area contributed by atoms with Gasteiger partial charge >= 0.3 is 5.69 Å². The molecule has 0 spiro atoms. The Labute approximate surface area is 115 Å². The van der Waals surface area contributed by atoms with Crippen LogP contribution in [0.15, 0.2) is 18.2 Å². The minimum atomic E-state index is -0.477. The number of hydrogen-bond acceptors (Lipinski definition) is 6. The number of nitrogens with two attached hydrogens (primary N) is 1. The van der Waals surface area contributed by atoms with Gasteiger partial charge in [-0.25, -0.2) is 15.5 Å². The predicted octanol–water partition coefficient (Wildman–Crippen LogP) is 1.59. The van der Waals surface area contributed by atoms with Crippen LogP contribution in [-0.2, 0) is 12.8 Å². The molecule has 2 heterocycles. The second-order valence-electron chi connectivity index (χ2n) is 4.19. The quantitative estimate of drug-likeness (QED) is 0.487. The average molecular weight is 276 g/mol. The molecule has 2 aromatic rings. The highest BCUT2D eigenvalue weighted by Crippen LogP contribution is 2.24. The lowest BCUT2D eigenvalue weighted by Gasteiger charge is -2.07. The van der Waals surface area contributed by atoms with Crippen molar-refractivity contribution in [2.75, 3.05) is 5.43 Å². The lowest BCUT2D eigenvalue weighted by Crippen LogP contribution is -2.13. The maximum atomic E-state index is 11.1. The van der Waals surface area contributed by atoms with Crippen LogP contribution >= 0.6 is 0 Å². The van der Waals surface area contributed by atoms with E-state index in [0.717, 1.165) is 17.8 Å². The van der Waals surface area contributed by atoms with Crippen molar-refractivity contribution in [3.05, 3.63) is 39.7 Å². The van der Waals surface area contributed by atoms with Crippen LogP contribution in [-0.4, -0.2) is 19.7 Å². The normalized spacial score (nSPS) is 10.6. The highest BCUT2D eigenvalue weighted by molar-refractivity contribution is 5.53. The summed E-state index contributed by atoms with van der Waals surface area (Å²) in [6, 6.07) is 4.75. The van der Waals surface area contributed by atoms with Gasteiger partial charge in [0.15, 0.2) is 0 Å². The number of pyridine rings is 1. The maximum Gasteiger partial charge on any atom is 0.313 e. The van der Waals surface area contributed by atoms with Gasteiger partial charge in [-0.05, 0) is 25.0 Å². The summed E-state index contributed by atoms with van der Waals surface area (Å²) in [5, 5.41) is 15.5. The van der Waals surface area contributed by atoms with Crippen LogP contribution in [0, 0.1) is 10.1 Å². The first-order valence-electron chi connectivity index (χ1n) is 6.30. The van der Waals surface area contributed by atoms with Crippen LogP contribution < -0.4 is 11.3 Å². The highest BCUT2D eigenvalue weighted by Gasteiger charge is 2.21. The third-order valence-electron chi connectivity index (χ3n) is 2.96. The molecule has 0 aliphatic carbocycles. The molecule has 106 valence electrons.